The van der Waals surface area contributed by atoms with Crippen LogP contribution < -0.4 is 0 Å². The maximum absolute atomic E-state index is 12.2. The highest BCUT2D eigenvalue weighted by Crippen LogP contribution is 2.26. The summed E-state index contributed by atoms with van der Waals surface area (Å²) in [7, 11) is -3.64. The highest BCUT2D eigenvalue weighted by Gasteiger charge is 2.35. The highest BCUT2D eigenvalue weighted by atomic mass is 35.5. The number of hydrogen-bond donors (Lipinski definition) is 0. The summed E-state index contributed by atoms with van der Waals surface area (Å²) < 4.78 is 25.7. The molecule has 0 spiro atoms. The Morgan fingerprint density at radius 1 is 1.41 bits per heavy atom. The van der Waals surface area contributed by atoms with Crippen molar-refractivity contribution in [3.63, 3.8) is 0 Å². The summed E-state index contributed by atoms with van der Waals surface area (Å²) in [5, 5.41) is 0.358. The summed E-state index contributed by atoms with van der Waals surface area (Å²) in [5.74, 6) is 0. The molecule has 0 aliphatic carbocycles. The van der Waals surface area contributed by atoms with Crippen LogP contribution in [-0.2, 0) is 14.8 Å². The van der Waals surface area contributed by atoms with Crippen LogP contribution in [0, 0.1) is 0 Å². The van der Waals surface area contributed by atoms with Crippen LogP contribution in [0.25, 0.3) is 0 Å². The van der Waals surface area contributed by atoms with E-state index in [1.807, 2.05) is 0 Å². The topological polar surface area (TPSA) is 54.5 Å². The first-order valence-electron chi connectivity index (χ1n) is 5.21. The Morgan fingerprint density at radius 3 is 2.82 bits per heavy atom. The van der Waals surface area contributed by atoms with E-state index in [0.717, 1.165) is 0 Å². The molecule has 1 radical (unpaired) electrons. The van der Waals surface area contributed by atoms with Gasteiger partial charge in [0.1, 0.15) is 0 Å². The summed E-state index contributed by atoms with van der Waals surface area (Å²) in [6.07, 6.45) is 2.98. The predicted octanol–water partition coefficient (Wildman–Crippen LogP) is 1.60. The van der Waals surface area contributed by atoms with Crippen molar-refractivity contribution in [2.75, 3.05) is 6.54 Å². The molecule has 1 fully saturated rings. The van der Waals surface area contributed by atoms with Crippen molar-refractivity contribution in [2.24, 2.45) is 0 Å². The quantitative estimate of drug-likeness (QED) is 0.840. The average Bonchev–Trinajstić information content (AvgIpc) is 2.77. The van der Waals surface area contributed by atoms with Gasteiger partial charge in [0.05, 0.1) is 10.9 Å². The number of halogens is 1. The summed E-state index contributed by atoms with van der Waals surface area (Å²) in [6, 6.07) is 5.37. The molecule has 1 heterocycles. The van der Waals surface area contributed by atoms with Gasteiger partial charge in [-0.1, -0.05) is 17.7 Å². The fraction of sp³-hybridized carbons (Fsp3) is 0.364. The zero-order valence-corrected chi connectivity index (χ0v) is 10.5. The summed E-state index contributed by atoms with van der Waals surface area (Å²) in [4.78, 5) is 10.8. The zero-order chi connectivity index (χ0) is 12.5. The average molecular weight is 273 g/mol. The molecule has 4 nitrogen and oxygen atoms in total. The van der Waals surface area contributed by atoms with Gasteiger partial charge in [-0.2, -0.15) is 4.31 Å². The van der Waals surface area contributed by atoms with Gasteiger partial charge in [-0.3, -0.25) is 4.79 Å². The maximum atomic E-state index is 12.2. The van der Waals surface area contributed by atoms with Crippen LogP contribution in [0.4, 0.5) is 0 Å². The molecule has 0 unspecified atom stereocenters. The van der Waals surface area contributed by atoms with E-state index in [9.17, 15) is 13.2 Å². The molecule has 1 aromatic carbocycles. The lowest BCUT2D eigenvalue weighted by Crippen LogP contribution is -2.36. The smallest absolute Gasteiger partial charge is 0.243 e. The summed E-state index contributed by atoms with van der Waals surface area (Å²) in [5.41, 5.74) is 0. The van der Waals surface area contributed by atoms with Crippen molar-refractivity contribution in [1.29, 1.82) is 0 Å². The Kier molecular flexibility index (Phi) is 3.51. The van der Waals surface area contributed by atoms with E-state index in [0.29, 0.717) is 24.4 Å². The number of carbonyl (C=O) groups excluding carboxylic acids is 1. The maximum Gasteiger partial charge on any atom is 0.243 e. The van der Waals surface area contributed by atoms with Crippen LogP contribution in [0.2, 0.25) is 5.02 Å². The second-order valence-corrected chi connectivity index (χ2v) is 6.18. The standard InChI is InChI=1S/C11H11ClNO3S/c12-9-3-1-5-11(7-9)17(15,16)13-6-2-4-10(13)8-14/h1,3,5,7,10H,2,4,6H2/t10-/m0/s1. The molecule has 0 saturated carbocycles. The largest absolute Gasteiger partial charge is 0.289 e. The first-order chi connectivity index (χ1) is 8.05. The van der Waals surface area contributed by atoms with Gasteiger partial charge in [-0.05, 0) is 31.0 Å². The molecular formula is C11H11ClNO3S. The van der Waals surface area contributed by atoms with Gasteiger partial charge in [0.15, 0.2) is 0 Å². The van der Waals surface area contributed by atoms with Crippen LogP contribution in [0.5, 0.6) is 0 Å². The number of nitrogens with zero attached hydrogens (tertiary/aromatic N) is 1. The molecule has 0 aromatic heterocycles. The lowest BCUT2D eigenvalue weighted by molar-refractivity contribution is 0.426. The zero-order valence-electron chi connectivity index (χ0n) is 8.97. The molecule has 2 rings (SSSR count). The third kappa shape index (κ3) is 2.36. The molecule has 91 valence electrons. The second-order valence-electron chi connectivity index (χ2n) is 3.85. The van der Waals surface area contributed by atoms with Gasteiger partial charge in [0.2, 0.25) is 16.3 Å². The van der Waals surface area contributed by atoms with Gasteiger partial charge in [0.25, 0.3) is 0 Å². The molecule has 0 bridgehead atoms. The third-order valence-electron chi connectivity index (χ3n) is 2.74. The Bertz CT molecular complexity index is 529. The van der Waals surface area contributed by atoms with Gasteiger partial charge < -0.3 is 0 Å². The van der Waals surface area contributed by atoms with E-state index in [2.05, 4.69) is 0 Å². The van der Waals surface area contributed by atoms with Gasteiger partial charge in [-0.25, -0.2) is 8.42 Å². The number of sulfonamides is 1. The Balaban J connectivity index is 2.39. The first kappa shape index (κ1) is 12.5. The van der Waals surface area contributed by atoms with Crippen LogP contribution in [0.3, 0.4) is 0 Å². The molecule has 1 aliphatic rings. The fourth-order valence-corrected chi connectivity index (χ4v) is 3.81. The molecule has 6 heteroatoms. The van der Waals surface area contributed by atoms with Crippen LogP contribution in [-0.4, -0.2) is 31.6 Å². The number of benzene rings is 1. The van der Waals surface area contributed by atoms with E-state index in [4.69, 9.17) is 11.6 Å². The van der Waals surface area contributed by atoms with Crippen molar-refractivity contribution in [1.82, 2.24) is 4.31 Å². The Labute approximate surface area is 105 Å². The third-order valence-corrected chi connectivity index (χ3v) is 4.88. The molecule has 1 saturated heterocycles. The predicted molar refractivity (Wildman–Crippen MR) is 64.1 cm³/mol. The van der Waals surface area contributed by atoms with E-state index in [1.165, 1.54) is 16.4 Å². The van der Waals surface area contributed by atoms with Crippen LogP contribution in [0.15, 0.2) is 29.2 Å². The first-order valence-corrected chi connectivity index (χ1v) is 7.02. The Morgan fingerprint density at radius 2 is 2.18 bits per heavy atom. The fourth-order valence-electron chi connectivity index (χ4n) is 1.91. The van der Waals surface area contributed by atoms with Gasteiger partial charge >= 0.3 is 0 Å². The summed E-state index contributed by atoms with van der Waals surface area (Å²) >= 11 is 5.77. The van der Waals surface area contributed by atoms with E-state index >= 15 is 0 Å². The highest BCUT2D eigenvalue weighted by molar-refractivity contribution is 7.89. The summed E-state index contributed by atoms with van der Waals surface area (Å²) in [6.45, 7) is 0.356. The normalized spacial score (nSPS) is 21.6. The Hall–Kier alpha value is -0.910. The lowest BCUT2D eigenvalue weighted by atomic mass is 10.2. The van der Waals surface area contributed by atoms with Crippen molar-refractivity contribution >= 4 is 27.9 Å². The minimum atomic E-state index is -3.64. The lowest BCUT2D eigenvalue weighted by Gasteiger charge is -2.19. The van der Waals surface area contributed by atoms with Crippen molar-refractivity contribution in [2.45, 2.75) is 23.8 Å². The van der Waals surface area contributed by atoms with Crippen molar-refractivity contribution in [3.05, 3.63) is 29.3 Å². The minimum Gasteiger partial charge on any atom is -0.289 e. The van der Waals surface area contributed by atoms with Gasteiger partial charge in [-0.15, -0.1) is 0 Å². The molecular weight excluding hydrogens is 262 g/mol. The molecule has 1 aromatic rings. The molecule has 0 amide bonds. The van der Waals surface area contributed by atoms with Crippen molar-refractivity contribution in [3.8, 4) is 0 Å². The molecule has 1 aliphatic heterocycles. The molecule has 17 heavy (non-hydrogen) atoms. The SMILES string of the molecule is O=[C][C@@H]1CCCN1S(=O)(=O)c1cccc(Cl)c1. The van der Waals surface area contributed by atoms with Crippen LogP contribution in [0.1, 0.15) is 12.8 Å². The van der Waals surface area contributed by atoms with Crippen molar-refractivity contribution < 1.29 is 13.2 Å². The number of rotatable bonds is 3. The van der Waals surface area contributed by atoms with Crippen LogP contribution >= 0.6 is 11.6 Å². The van der Waals surface area contributed by atoms with E-state index < -0.39 is 16.1 Å². The van der Waals surface area contributed by atoms with Gasteiger partial charge in [0, 0.05) is 11.6 Å². The monoisotopic (exact) mass is 272 g/mol. The second kappa shape index (κ2) is 4.76. The van der Waals surface area contributed by atoms with E-state index in [-0.39, 0.29) is 4.90 Å². The minimum absolute atomic E-state index is 0.118. The molecule has 0 N–H and O–H groups in total. The number of hydrogen-bond acceptors (Lipinski definition) is 3. The van der Waals surface area contributed by atoms with E-state index in [1.54, 1.807) is 18.4 Å². The molecule has 1 atom stereocenters.